The van der Waals surface area contributed by atoms with E-state index < -0.39 is 0 Å². The third-order valence-corrected chi connectivity index (χ3v) is 5.33. The van der Waals surface area contributed by atoms with E-state index in [1.165, 1.54) is 18.4 Å². The standard InChI is InChI=1S/C22H29N3O2/c1-22(2,3)18-10-8-17(9-11-18)21(27)23-12-13-25-15-24-19(14-20(25)26)16-6-4-5-7-16/h8-11,14-16H,4-7,12-13H2,1-3H3,(H,23,27). The predicted octanol–water partition coefficient (Wildman–Crippen LogP) is 3.63. The van der Waals surface area contributed by atoms with Crippen LogP contribution in [0.15, 0.2) is 41.5 Å². The van der Waals surface area contributed by atoms with Crippen LogP contribution >= 0.6 is 0 Å². The highest BCUT2D eigenvalue weighted by atomic mass is 16.1. The molecular weight excluding hydrogens is 338 g/mol. The van der Waals surface area contributed by atoms with Gasteiger partial charge >= 0.3 is 0 Å². The molecule has 1 aromatic carbocycles. The van der Waals surface area contributed by atoms with Crippen molar-refractivity contribution < 1.29 is 4.79 Å². The number of amides is 1. The van der Waals surface area contributed by atoms with Crippen molar-refractivity contribution in [1.29, 1.82) is 0 Å². The highest BCUT2D eigenvalue weighted by Gasteiger charge is 2.19. The minimum atomic E-state index is -0.126. The Kier molecular flexibility index (Phi) is 5.78. The van der Waals surface area contributed by atoms with E-state index in [2.05, 4.69) is 31.1 Å². The van der Waals surface area contributed by atoms with Crippen LogP contribution in [0.1, 0.15) is 74.0 Å². The van der Waals surface area contributed by atoms with Crippen molar-refractivity contribution in [3.05, 3.63) is 63.8 Å². The number of nitrogens with zero attached hydrogens (tertiary/aromatic N) is 2. The summed E-state index contributed by atoms with van der Waals surface area (Å²) in [5.41, 5.74) is 2.75. The van der Waals surface area contributed by atoms with Gasteiger partial charge in [-0.3, -0.25) is 14.2 Å². The summed E-state index contributed by atoms with van der Waals surface area (Å²) in [5.74, 6) is 0.308. The monoisotopic (exact) mass is 367 g/mol. The molecular formula is C22H29N3O2. The van der Waals surface area contributed by atoms with Gasteiger partial charge in [0.15, 0.2) is 0 Å². The molecule has 27 heavy (non-hydrogen) atoms. The van der Waals surface area contributed by atoms with Crippen molar-refractivity contribution in [2.45, 2.75) is 64.3 Å². The van der Waals surface area contributed by atoms with Crippen molar-refractivity contribution in [3.63, 3.8) is 0 Å². The summed E-state index contributed by atoms with van der Waals surface area (Å²) < 4.78 is 1.56. The van der Waals surface area contributed by atoms with E-state index in [9.17, 15) is 9.59 Å². The molecule has 1 heterocycles. The van der Waals surface area contributed by atoms with Crippen LogP contribution in [-0.2, 0) is 12.0 Å². The second kappa shape index (κ2) is 8.07. The van der Waals surface area contributed by atoms with E-state index in [1.807, 2.05) is 24.3 Å². The molecule has 0 bridgehead atoms. The van der Waals surface area contributed by atoms with E-state index >= 15 is 0 Å². The molecule has 0 radical (unpaired) electrons. The number of hydrogen-bond acceptors (Lipinski definition) is 3. The van der Waals surface area contributed by atoms with Gasteiger partial charge in [0.05, 0.1) is 12.0 Å². The van der Waals surface area contributed by atoms with Gasteiger partial charge in [0.1, 0.15) is 0 Å². The number of carbonyl (C=O) groups excluding carboxylic acids is 1. The van der Waals surface area contributed by atoms with Crippen LogP contribution in [-0.4, -0.2) is 22.0 Å². The van der Waals surface area contributed by atoms with Gasteiger partial charge in [0.2, 0.25) is 0 Å². The number of hydrogen-bond donors (Lipinski definition) is 1. The lowest BCUT2D eigenvalue weighted by Gasteiger charge is -2.19. The number of aromatic nitrogens is 2. The lowest BCUT2D eigenvalue weighted by atomic mass is 9.87. The molecule has 1 saturated carbocycles. The largest absolute Gasteiger partial charge is 0.350 e. The van der Waals surface area contributed by atoms with Crippen LogP contribution in [0.25, 0.3) is 0 Å². The first-order chi connectivity index (χ1) is 12.8. The van der Waals surface area contributed by atoms with Gasteiger partial charge in [0, 0.05) is 30.6 Å². The maximum absolute atomic E-state index is 12.3. The van der Waals surface area contributed by atoms with Gasteiger partial charge in [-0.2, -0.15) is 0 Å². The molecule has 0 spiro atoms. The van der Waals surface area contributed by atoms with Gasteiger partial charge in [-0.15, -0.1) is 0 Å². The summed E-state index contributed by atoms with van der Waals surface area (Å²) in [5, 5.41) is 2.88. The van der Waals surface area contributed by atoms with E-state index in [4.69, 9.17) is 0 Å². The molecule has 1 N–H and O–H groups in total. The molecule has 1 aliphatic rings. The van der Waals surface area contributed by atoms with E-state index in [-0.39, 0.29) is 16.9 Å². The predicted molar refractivity (Wildman–Crippen MR) is 107 cm³/mol. The molecule has 1 aromatic heterocycles. The molecule has 5 nitrogen and oxygen atoms in total. The van der Waals surface area contributed by atoms with E-state index in [1.54, 1.807) is 17.0 Å². The first-order valence-electron chi connectivity index (χ1n) is 9.80. The molecule has 0 saturated heterocycles. The smallest absolute Gasteiger partial charge is 0.253 e. The van der Waals surface area contributed by atoms with Crippen molar-refractivity contribution in [2.24, 2.45) is 0 Å². The number of rotatable bonds is 5. The van der Waals surface area contributed by atoms with Gasteiger partial charge in [-0.25, -0.2) is 4.98 Å². The van der Waals surface area contributed by atoms with Gasteiger partial charge in [0.25, 0.3) is 11.5 Å². The summed E-state index contributed by atoms with van der Waals surface area (Å²) in [7, 11) is 0. The zero-order valence-corrected chi connectivity index (χ0v) is 16.5. The third kappa shape index (κ3) is 4.85. The van der Waals surface area contributed by atoms with Crippen LogP contribution in [0.5, 0.6) is 0 Å². The quantitative estimate of drug-likeness (QED) is 0.878. The third-order valence-electron chi connectivity index (χ3n) is 5.33. The highest BCUT2D eigenvalue weighted by Crippen LogP contribution is 2.32. The van der Waals surface area contributed by atoms with Crippen LogP contribution in [0, 0.1) is 0 Å². The maximum atomic E-state index is 12.3. The Bertz CT molecular complexity index is 841. The average Bonchev–Trinajstić information content (AvgIpc) is 3.17. The van der Waals surface area contributed by atoms with E-state index in [0.29, 0.717) is 24.6 Å². The zero-order chi connectivity index (χ0) is 19.4. The zero-order valence-electron chi connectivity index (χ0n) is 16.5. The summed E-state index contributed by atoms with van der Waals surface area (Å²) in [4.78, 5) is 29.0. The number of carbonyl (C=O) groups is 1. The fraction of sp³-hybridized carbons (Fsp3) is 0.500. The average molecular weight is 367 g/mol. The van der Waals surface area contributed by atoms with Crippen LogP contribution in [0.4, 0.5) is 0 Å². The molecule has 1 aliphatic carbocycles. The fourth-order valence-corrected chi connectivity index (χ4v) is 3.57. The van der Waals surface area contributed by atoms with Crippen molar-refractivity contribution in [3.8, 4) is 0 Å². The Morgan fingerprint density at radius 1 is 1.19 bits per heavy atom. The Hall–Kier alpha value is -2.43. The maximum Gasteiger partial charge on any atom is 0.253 e. The summed E-state index contributed by atoms with van der Waals surface area (Å²) in [6, 6.07) is 9.33. The summed E-state index contributed by atoms with van der Waals surface area (Å²) in [6.45, 7) is 7.25. The minimum Gasteiger partial charge on any atom is -0.350 e. The topological polar surface area (TPSA) is 64.0 Å². The fourth-order valence-electron chi connectivity index (χ4n) is 3.57. The molecule has 0 aliphatic heterocycles. The Morgan fingerprint density at radius 2 is 1.85 bits per heavy atom. The first kappa shape index (κ1) is 19.3. The second-order valence-corrected chi connectivity index (χ2v) is 8.41. The van der Waals surface area contributed by atoms with Gasteiger partial charge < -0.3 is 5.32 Å². The molecule has 5 heteroatoms. The highest BCUT2D eigenvalue weighted by molar-refractivity contribution is 5.94. The number of nitrogens with one attached hydrogen (secondary N) is 1. The minimum absolute atomic E-state index is 0.0457. The second-order valence-electron chi connectivity index (χ2n) is 8.41. The van der Waals surface area contributed by atoms with Crippen molar-refractivity contribution in [1.82, 2.24) is 14.9 Å². The molecule has 3 rings (SSSR count). The SMILES string of the molecule is CC(C)(C)c1ccc(C(=O)NCCn2cnc(C3CCCC3)cc2=O)cc1. The molecule has 0 atom stereocenters. The normalized spacial score (nSPS) is 15.1. The van der Waals surface area contributed by atoms with Crippen molar-refractivity contribution in [2.75, 3.05) is 6.54 Å². The molecule has 2 aromatic rings. The van der Waals surface area contributed by atoms with Crippen LogP contribution in [0.2, 0.25) is 0 Å². The van der Waals surface area contributed by atoms with E-state index in [0.717, 1.165) is 18.5 Å². The molecule has 0 unspecified atom stereocenters. The van der Waals surface area contributed by atoms with Crippen LogP contribution < -0.4 is 10.9 Å². The Morgan fingerprint density at radius 3 is 2.44 bits per heavy atom. The Balaban J connectivity index is 1.54. The summed E-state index contributed by atoms with van der Waals surface area (Å²) >= 11 is 0. The lowest BCUT2D eigenvalue weighted by molar-refractivity contribution is 0.0952. The van der Waals surface area contributed by atoms with Crippen LogP contribution in [0.3, 0.4) is 0 Å². The van der Waals surface area contributed by atoms with Gasteiger partial charge in [-0.1, -0.05) is 45.7 Å². The number of benzene rings is 1. The molecule has 1 amide bonds. The first-order valence-corrected chi connectivity index (χ1v) is 9.80. The lowest BCUT2D eigenvalue weighted by Crippen LogP contribution is -2.31. The Labute approximate surface area is 160 Å². The van der Waals surface area contributed by atoms with Crippen molar-refractivity contribution >= 4 is 5.91 Å². The summed E-state index contributed by atoms with van der Waals surface area (Å²) in [6.07, 6.45) is 6.30. The molecule has 144 valence electrons. The molecule has 1 fully saturated rings. The van der Waals surface area contributed by atoms with Gasteiger partial charge in [-0.05, 0) is 36.0 Å².